The Morgan fingerprint density at radius 2 is 2.36 bits per heavy atom. The molecule has 1 rings (SSSR count). The van der Waals surface area contributed by atoms with E-state index < -0.39 is 12.6 Å². The lowest BCUT2D eigenvalue weighted by molar-refractivity contribution is -0.139. The number of carbonyl (C=O) groups is 1. The topological polar surface area (TPSA) is 70.3 Å². The van der Waals surface area contributed by atoms with Gasteiger partial charge in [0, 0.05) is 4.47 Å². The predicted octanol–water partition coefficient (Wildman–Crippen LogP) is 1.78. The highest BCUT2D eigenvalue weighted by atomic mass is 79.9. The minimum Gasteiger partial charge on any atom is -0.480 e. The Hall–Kier alpha value is -1.54. The number of hydrogen-bond acceptors (Lipinski definition) is 3. The minimum absolute atomic E-state index is 0.268. The van der Waals surface area contributed by atoms with Crippen molar-refractivity contribution in [2.45, 2.75) is 0 Å². The van der Waals surface area contributed by atoms with Crippen molar-refractivity contribution in [1.29, 1.82) is 5.26 Å². The number of ether oxygens (including phenoxy) is 1. The molecule has 5 heteroatoms. The van der Waals surface area contributed by atoms with Gasteiger partial charge in [-0.3, -0.25) is 0 Å². The summed E-state index contributed by atoms with van der Waals surface area (Å²) in [6.45, 7) is -0.453. The number of benzene rings is 1. The third-order valence-corrected chi connectivity index (χ3v) is 2.10. The fraction of sp³-hybridized carbons (Fsp3) is 0.111. The van der Waals surface area contributed by atoms with Gasteiger partial charge in [0.15, 0.2) is 6.61 Å². The monoisotopic (exact) mass is 255 g/mol. The second kappa shape index (κ2) is 4.63. The van der Waals surface area contributed by atoms with Gasteiger partial charge in [-0.25, -0.2) is 4.79 Å². The first-order valence-electron chi connectivity index (χ1n) is 3.68. The maximum absolute atomic E-state index is 10.2. The van der Waals surface area contributed by atoms with Crippen LogP contribution in [0, 0.1) is 11.3 Å². The van der Waals surface area contributed by atoms with Gasteiger partial charge in [0.05, 0.1) is 0 Å². The quantitative estimate of drug-likeness (QED) is 0.894. The summed E-state index contributed by atoms with van der Waals surface area (Å²) < 4.78 is 5.50. The van der Waals surface area contributed by atoms with Crippen LogP contribution in [0.2, 0.25) is 0 Å². The van der Waals surface area contributed by atoms with E-state index in [1.54, 1.807) is 18.2 Å². The van der Waals surface area contributed by atoms with E-state index in [9.17, 15) is 4.79 Å². The molecule has 4 nitrogen and oxygen atoms in total. The van der Waals surface area contributed by atoms with Crippen molar-refractivity contribution in [3.05, 3.63) is 28.2 Å². The fourth-order valence-corrected chi connectivity index (χ4v) is 1.31. The summed E-state index contributed by atoms with van der Waals surface area (Å²) in [6, 6.07) is 6.83. The molecule has 0 saturated carbocycles. The lowest BCUT2D eigenvalue weighted by atomic mass is 10.2. The molecule has 0 saturated heterocycles. The van der Waals surface area contributed by atoms with E-state index in [-0.39, 0.29) is 5.75 Å². The molecule has 0 radical (unpaired) electrons. The molecule has 0 aliphatic heterocycles. The van der Waals surface area contributed by atoms with Crippen molar-refractivity contribution in [2.75, 3.05) is 6.61 Å². The van der Waals surface area contributed by atoms with Crippen LogP contribution in [0.25, 0.3) is 0 Å². The summed E-state index contributed by atoms with van der Waals surface area (Å²) in [6.07, 6.45) is 0. The van der Waals surface area contributed by atoms with E-state index in [2.05, 4.69) is 15.9 Å². The van der Waals surface area contributed by atoms with Crippen molar-refractivity contribution in [3.8, 4) is 11.8 Å². The van der Waals surface area contributed by atoms with Gasteiger partial charge in [0.1, 0.15) is 17.4 Å². The SMILES string of the molecule is N#Cc1c(Br)cccc1OCC(=O)O. The van der Waals surface area contributed by atoms with Crippen LogP contribution in [0.15, 0.2) is 22.7 Å². The number of aliphatic carboxylic acids is 1. The molecule has 1 aromatic carbocycles. The number of halogens is 1. The Morgan fingerprint density at radius 3 is 2.93 bits per heavy atom. The van der Waals surface area contributed by atoms with Gasteiger partial charge in [-0.15, -0.1) is 0 Å². The third kappa shape index (κ3) is 2.47. The van der Waals surface area contributed by atoms with Gasteiger partial charge < -0.3 is 9.84 Å². The summed E-state index contributed by atoms with van der Waals surface area (Å²) in [5.74, 6) is -0.807. The summed E-state index contributed by atoms with van der Waals surface area (Å²) in [5, 5.41) is 17.1. The normalized spacial score (nSPS) is 9.14. The molecule has 14 heavy (non-hydrogen) atoms. The average molecular weight is 256 g/mol. The molecule has 0 atom stereocenters. The van der Waals surface area contributed by atoms with E-state index in [0.29, 0.717) is 10.0 Å². The second-order valence-corrected chi connectivity index (χ2v) is 3.26. The van der Waals surface area contributed by atoms with Crippen molar-refractivity contribution < 1.29 is 14.6 Å². The first-order chi connectivity index (χ1) is 6.65. The summed E-state index contributed by atoms with van der Waals surface area (Å²) in [7, 11) is 0. The number of rotatable bonds is 3. The molecule has 0 aromatic heterocycles. The van der Waals surface area contributed by atoms with Crippen molar-refractivity contribution in [3.63, 3.8) is 0 Å². The summed E-state index contributed by atoms with van der Waals surface area (Å²) in [5.41, 5.74) is 0.300. The Bertz CT molecular complexity index is 398. The summed E-state index contributed by atoms with van der Waals surface area (Å²) in [4.78, 5) is 10.2. The van der Waals surface area contributed by atoms with Crippen LogP contribution in [0.1, 0.15) is 5.56 Å². The second-order valence-electron chi connectivity index (χ2n) is 2.41. The van der Waals surface area contributed by atoms with Gasteiger partial charge in [0.25, 0.3) is 0 Å². The van der Waals surface area contributed by atoms with E-state index in [4.69, 9.17) is 15.1 Å². The first-order valence-corrected chi connectivity index (χ1v) is 4.47. The standard InChI is InChI=1S/C9H6BrNO3/c10-7-2-1-3-8(6(7)4-11)14-5-9(12)13/h1-3H,5H2,(H,12,13). The Kier molecular flexibility index (Phi) is 3.48. The Morgan fingerprint density at radius 1 is 1.64 bits per heavy atom. The van der Waals surface area contributed by atoms with Crippen molar-refractivity contribution >= 4 is 21.9 Å². The van der Waals surface area contributed by atoms with E-state index in [1.165, 1.54) is 0 Å². The van der Waals surface area contributed by atoms with Gasteiger partial charge in [-0.1, -0.05) is 6.07 Å². The number of hydrogen-bond donors (Lipinski definition) is 1. The highest BCUT2D eigenvalue weighted by Gasteiger charge is 2.08. The fourth-order valence-electron chi connectivity index (χ4n) is 0.873. The molecular formula is C9H6BrNO3. The molecule has 0 fully saturated rings. The van der Waals surface area contributed by atoms with Crippen molar-refractivity contribution in [2.24, 2.45) is 0 Å². The maximum atomic E-state index is 10.2. The largest absolute Gasteiger partial charge is 0.480 e. The average Bonchev–Trinajstić information content (AvgIpc) is 2.14. The zero-order valence-corrected chi connectivity index (χ0v) is 8.61. The van der Waals surface area contributed by atoms with E-state index in [0.717, 1.165) is 0 Å². The Balaban J connectivity index is 2.92. The molecule has 0 bridgehead atoms. The molecular weight excluding hydrogens is 250 g/mol. The number of nitriles is 1. The number of carboxylic acids is 1. The smallest absolute Gasteiger partial charge is 0.341 e. The first kappa shape index (κ1) is 10.5. The van der Waals surface area contributed by atoms with E-state index >= 15 is 0 Å². The van der Waals surface area contributed by atoms with Crippen LogP contribution < -0.4 is 4.74 Å². The molecule has 0 spiro atoms. The number of nitrogens with zero attached hydrogens (tertiary/aromatic N) is 1. The molecule has 0 heterocycles. The van der Waals surface area contributed by atoms with Crippen LogP contribution in [-0.2, 0) is 4.79 Å². The lowest BCUT2D eigenvalue weighted by Crippen LogP contribution is -2.10. The number of carboxylic acid groups (broad SMARTS) is 1. The molecule has 0 unspecified atom stereocenters. The molecule has 0 aliphatic carbocycles. The van der Waals surface area contributed by atoms with Gasteiger partial charge in [-0.2, -0.15) is 5.26 Å². The molecule has 0 amide bonds. The zero-order chi connectivity index (χ0) is 10.6. The predicted molar refractivity (Wildman–Crippen MR) is 52.0 cm³/mol. The van der Waals surface area contributed by atoms with Crippen LogP contribution in [0.5, 0.6) is 5.75 Å². The van der Waals surface area contributed by atoms with Crippen molar-refractivity contribution in [1.82, 2.24) is 0 Å². The van der Waals surface area contributed by atoms with Crippen LogP contribution in [-0.4, -0.2) is 17.7 Å². The highest BCUT2D eigenvalue weighted by Crippen LogP contribution is 2.25. The molecule has 1 N–H and O–H groups in total. The van der Waals surface area contributed by atoms with E-state index in [1.807, 2.05) is 6.07 Å². The van der Waals surface area contributed by atoms with Crippen LogP contribution >= 0.6 is 15.9 Å². The molecule has 0 aliphatic rings. The van der Waals surface area contributed by atoms with Crippen LogP contribution in [0.3, 0.4) is 0 Å². The van der Waals surface area contributed by atoms with Gasteiger partial charge in [-0.05, 0) is 28.1 Å². The maximum Gasteiger partial charge on any atom is 0.341 e. The summed E-state index contributed by atoms with van der Waals surface area (Å²) >= 11 is 3.16. The molecule has 72 valence electrons. The highest BCUT2D eigenvalue weighted by molar-refractivity contribution is 9.10. The zero-order valence-electron chi connectivity index (χ0n) is 7.03. The Labute approximate surface area is 88.9 Å². The van der Waals surface area contributed by atoms with Gasteiger partial charge in [0.2, 0.25) is 0 Å². The van der Waals surface area contributed by atoms with Gasteiger partial charge >= 0.3 is 5.97 Å². The lowest BCUT2D eigenvalue weighted by Gasteiger charge is -2.05. The molecule has 1 aromatic rings. The third-order valence-electron chi connectivity index (χ3n) is 1.44. The van der Waals surface area contributed by atoms with Crippen LogP contribution in [0.4, 0.5) is 0 Å². The minimum atomic E-state index is -1.08.